The van der Waals surface area contributed by atoms with Crippen LogP contribution in [0.2, 0.25) is 0 Å². The van der Waals surface area contributed by atoms with Gasteiger partial charge in [0.25, 0.3) is 0 Å². The van der Waals surface area contributed by atoms with Gasteiger partial charge < -0.3 is 19.3 Å². The maximum atomic E-state index is 12.4. The number of carbonyl (C=O) groups excluding carboxylic acids is 2. The standard InChI is InChI=1S/C40H77O8P/c1-3-5-7-9-11-13-15-17-19-20-21-23-24-26-28-30-32-34-39(41)46-36-38(37-47-49(43,44)45)48-40(42)35-33-31-29-27-25-22-18-16-14-12-10-8-6-4-2/h13,15,38H,3-12,14,16-37H2,1-2H3,(H2,43,44,45)/b15-13+/t38-/m1/s1. The molecule has 0 aliphatic heterocycles. The third kappa shape index (κ3) is 39.4. The summed E-state index contributed by atoms with van der Waals surface area (Å²) in [6.45, 7) is 3.69. The predicted molar refractivity (Wildman–Crippen MR) is 202 cm³/mol. The van der Waals surface area contributed by atoms with E-state index in [9.17, 15) is 14.2 Å². The summed E-state index contributed by atoms with van der Waals surface area (Å²) >= 11 is 0. The van der Waals surface area contributed by atoms with Crippen molar-refractivity contribution in [3.63, 3.8) is 0 Å². The number of hydrogen-bond donors (Lipinski definition) is 2. The van der Waals surface area contributed by atoms with E-state index >= 15 is 0 Å². The molecule has 0 saturated carbocycles. The van der Waals surface area contributed by atoms with Crippen LogP contribution in [0.3, 0.4) is 0 Å². The van der Waals surface area contributed by atoms with Crippen molar-refractivity contribution in [3.05, 3.63) is 12.2 Å². The second-order valence-corrected chi connectivity index (χ2v) is 15.2. The lowest BCUT2D eigenvalue weighted by molar-refractivity contribution is -0.161. The summed E-state index contributed by atoms with van der Waals surface area (Å²) in [5, 5.41) is 0. The Balaban J connectivity index is 3.89. The zero-order chi connectivity index (χ0) is 36.1. The molecule has 0 fully saturated rings. The molecular weight excluding hydrogens is 639 g/mol. The summed E-state index contributed by atoms with van der Waals surface area (Å²) in [4.78, 5) is 42.8. The maximum Gasteiger partial charge on any atom is 0.469 e. The molecule has 8 nitrogen and oxygen atoms in total. The summed E-state index contributed by atoms with van der Waals surface area (Å²) in [6, 6.07) is 0. The fourth-order valence-corrected chi connectivity index (χ4v) is 6.32. The second-order valence-electron chi connectivity index (χ2n) is 14.0. The number of ether oxygens (including phenoxy) is 2. The highest BCUT2D eigenvalue weighted by Crippen LogP contribution is 2.36. The monoisotopic (exact) mass is 717 g/mol. The number of allylic oxidation sites excluding steroid dienone is 2. The molecule has 1 atom stereocenters. The van der Waals surface area contributed by atoms with Crippen molar-refractivity contribution >= 4 is 19.8 Å². The minimum atomic E-state index is -4.75. The van der Waals surface area contributed by atoms with Crippen LogP contribution in [-0.2, 0) is 28.2 Å². The van der Waals surface area contributed by atoms with Crippen molar-refractivity contribution in [1.29, 1.82) is 0 Å². The first kappa shape index (κ1) is 47.8. The third-order valence-electron chi connectivity index (χ3n) is 9.03. The van der Waals surface area contributed by atoms with E-state index in [1.165, 1.54) is 141 Å². The van der Waals surface area contributed by atoms with Crippen LogP contribution in [0.25, 0.3) is 0 Å². The van der Waals surface area contributed by atoms with Crippen molar-refractivity contribution in [3.8, 4) is 0 Å². The third-order valence-corrected chi connectivity index (χ3v) is 9.52. The zero-order valence-corrected chi connectivity index (χ0v) is 32.8. The molecule has 0 rings (SSSR count). The Morgan fingerprint density at radius 3 is 1.27 bits per heavy atom. The van der Waals surface area contributed by atoms with Gasteiger partial charge >= 0.3 is 19.8 Å². The van der Waals surface area contributed by atoms with Gasteiger partial charge in [-0.15, -0.1) is 0 Å². The average Bonchev–Trinajstić information content (AvgIpc) is 3.07. The van der Waals surface area contributed by atoms with Crippen molar-refractivity contribution in [1.82, 2.24) is 0 Å². The van der Waals surface area contributed by atoms with Gasteiger partial charge in [-0.2, -0.15) is 0 Å². The first-order valence-corrected chi connectivity index (χ1v) is 22.0. The van der Waals surface area contributed by atoms with Crippen molar-refractivity contribution in [2.75, 3.05) is 13.2 Å². The Morgan fingerprint density at radius 2 is 0.857 bits per heavy atom. The van der Waals surface area contributed by atoms with E-state index in [4.69, 9.17) is 19.3 Å². The molecule has 0 aliphatic rings. The van der Waals surface area contributed by atoms with Gasteiger partial charge in [-0.25, -0.2) is 4.57 Å². The summed E-state index contributed by atoms with van der Waals surface area (Å²) < 4.78 is 26.4. The minimum absolute atomic E-state index is 0.217. The molecule has 290 valence electrons. The summed E-state index contributed by atoms with van der Waals surface area (Å²) in [5.41, 5.74) is 0. The van der Waals surface area contributed by atoms with Crippen LogP contribution in [-0.4, -0.2) is 41.0 Å². The Morgan fingerprint density at radius 1 is 0.510 bits per heavy atom. The van der Waals surface area contributed by atoms with Crippen LogP contribution in [0, 0.1) is 0 Å². The molecule has 0 radical (unpaired) electrons. The van der Waals surface area contributed by atoms with Gasteiger partial charge in [0.05, 0.1) is 6.61 Å². The molecular formula is C40H77O8P. The van der Waals surface area contributed by atoms with Gasteiger partial charge in [0.1, 0.15) is 6.61 Å². The molecule has 49 heavy (non-hydrogen) atoms. The second kappa shape index (κ2) is 36.6. The van der Waals surface area contributed by atoms with E-state index < -0.39 is 32.5 Å². The lowest BCUT2D eigenvalue weighted by Gasteiger charge is -2.18. The molecule has 0 aliphatic carbocycles. The van der Waals surface area contributed by atoms with Gasteiger partial charge in [0, 0.05) is 12.8 Å². The first-order chi connectivity index (χ1) is 23.8. The van der Waals surface area contributed by atoms with Gasteiger partial charge in [-0.05, 0) is 38.5 Å². The Hall–Kier alpha value is -1.21. The Labute approximate surface area is 301 Å². The Kier molecular flexibility index (Phi) is 35.7. The van der Waals surface area contributed by atoms with E-state index in [0.717, 1.165) is 38.5 Å². The number of esters is 2. The fourth-order valence-electron chi connectivity index (χ4n) is 5.96. The largest absolute Gasteiger partial charge is 0.469 e. The van der Waals surface area contributed by atoms with Crippen molar-refractivity contribution < 1.29 is 37.9 Å². The average molecular weight is 717 g/mol. The Bertz CT molecular complexity index is 812. The maximum absolute atomic E-state index is 12.4. The molecule has 0 unspecified atom stereocenters. The number of carbonyl (C=O) groups is 2. The van der Waals surface area contributed by atoms with Crippen LogP contribution in [0.4, 0.5) is 0 Å². The highest BCUT2D eigenvalue weighted by atomic mass is 31.2. The van der Waals surface area contributed by atoms with Crippen LogP contribution >= 0.6 is 7.82 Å². The van der Waals surface area contributed by atoms with Crippen LogP contribution in [0.5, 0.6) is 0 Å². The van der Waals surface area contributed by atoms with Crippen LogP contribution < -0.4 is 0 Å². The molecule has 0 saturated heterocycles. The molecule has 0 amide bonds. The molecule has 0 aromatic carbocycles. The minimum Gasteiger partial charge on any atom is -0.462 e. The van der Waals surface area contributed by atoms with Gasteiger partial charge in [-0.1, -0.05) is 174 Å². The number of phosphoric ester groups is 1. The molecule has 0 bridgehead atoms. The number of hydrogen-bond acceptors (Lipinski definition) is 6. The number of rotatable bonds is 38. The van der Waals surface area contributed by atoms with E-state index in [1.54, 1.807) is 0 Å². The molecule has 0 heterocycles. The quantitative estimate of drug-likeness (QED) is 0.0280. The van der Waals surface area contributed by atoms with E-state index in [1.807, 2.05) is 0 Å². The zero-order valence-electron chi connectivity index (χ0n) is 31.9. The molecule has 0 aromatic rings. The normalized spacial score (nSPS) is 12.5. The highest BCUT2D eigenvalue weighted by Gasteiger charge is 2.22. The van der Waals surface area contributed by atoms with Gasteiger partial charge in [0.15, 0.2) is 6.10 Å². The molecule has 2 N–H and O–H groups in total. The smallest absolute Gasteiger partial charge is 0.462 e. The number of unbranched alkanes of at least 4 members (excludes halogenated alkanes) is 26. The van der Waals surface area contributed by atoms with Crippen molar-refractivity contribution in [2.45, 2.75) is 219 Å². The van der Waals surface area contributed by atoms with Crippen LogP contribution in [0.15, 0.2) is 12.2 Å². The van der Waals surface area contributed by atoms with E-state index in [-0.39, 0.29) is 19.4 Å². The predicted octanol–water partition coefficient (Wildman–Crippen LogP) is 12.2. The lowest BCUT2D eigenvalue weighted by atomic mass is 10.0. The van der Waals surface area contributed by atoms with Gasteiger partial charge in [0.2, 0.25) is 0 Å². The van der Waals surface area contributed by atoms with Crippen LogP contribution in [0.1, 0.15) is 213 Å². The van der Waals surface area contributed by atoms with Crippen molar-refractivity contribution in [2.24, 2.45) is 0 Å². The summed E-state index contributed by atoms with van der Waals surface area (Å²) in [6.07, 6.45) is 39.3. The van der Waals surface area contributed by atoms with Gasteiger partial charge in [-0.3, -0.25) is 14.1 Å². The highest BCUT2D eigenvalue weighted by molar-refractivity contribution is 7.46. The molecule has 9 heteroatoms. The molecule has 0 spiro atoms. The first-order valence-electron chi connectivity index (χ1n) is 20.5. The van der Waals surface area contributed by atoms with E-state index in [0.29, 0.717) is 6.42 Å². The number of phosphoric acid groups is 1. The summed E-state index contributed by atoms with van der Waals surface area (Å²) in [5.74, 6) is -0.876. The molecule has 0 aromatic heterocycles. The SMILES string of the molecule is CCCCCC/C=C/CCCCCCCCCCCC(=O)OC[C@H](COP(=O)(O)O)OC(=O)CCCCCCCCCCCCCCCC. The lowest BCUT2D eigenvalue weighted by Crippen LogP contribution is -2.29. The van der Waals surface area contributed by atoms with E-state index in [2.05, 4.69) is 30.5 Å². The fraction of sp³-hybridized carbons (Fsp3) is 0.900. The summed E-state index contributed by atoms with van der Waals surface area (Å²) in [7, 11) is -4.75. The topological polar surface area (TPSA) is 119 Å².